The van der Waals surface area contributed by atoms with Gasteiger partial charge in [-0.05, 0) is 17.7 Å². The van der Waals surface area contributed by atoms with Crippen LogP contribution in [0.1, 0.15) is 5.69 Å². The van der Waals surface area contributed by atoms with E-state index in [4.69, 9.17) is 11.6 Å². The van der Waals surface area contributed by atoms with Crippen LogP contribution in [-0.2, 0) is 13.5 Å². The number of halogens is 1. The van der Waals surface area contributed by atoms with E-state index in [0.717, 1.165) is 17.5 Å². The van der Waals surface area contributed by atoms with Gasteiger partial charge in [0.25, 0.3) is 0 Å². The van der Waals surface area contributed by atoms with Gasteiger partial charge in [-0.25, -0.2) is 0 Å². The van der Waals surface area contributed by atoms with Crippen LogP contribution in [0.3, 0.4) is 0 Å². The average molecular weight is 278 g/mol. The van der Waals surface area contributed by atoms with Gasteiger partial charge in [0.2, 0.25) is 5.28 Å². The minimum atomic E-state index is 0.192. The van der Waals surface area contributed by atoms with E-state index in [1.54, 1.807) is 10.9 Å². The number of H-pyrrole nitrogens is 1. The van der Waals surface area contributed by atoms with E-state index in [1.165, 1.54) is 0 Å². The summed E-state index contributed by atoms with van der Waals surface area (Å²) < 4.78 is 1.78. The first-order valence-electron chi connectivity index (χ1n) is 5.81. The van der Waals surface area contributed by atoms with Gasteiger partial charge in [0.05, 0.1) is 17.3 Å². The molecular formula is C11H12ClN7. The fraction of sp³-hybridized carbons (Fsp3) is 0.273. The van der Waals surface area contributed by atoms with E-state index < -0.39 is 0 Å². The van der Waals surface area contributed by atoms with Crippen molar-refractivity contribution in [2.24, 2.45) is 7.05 Å². The summed E-state index contributed by atoms with van der Waals surface area (Å²) in [5.41, 5.74) is 1.65. The van der Waals surface area contributed by atoms with Crippen LogP contribution in [0.25, 0.3) is 11.0 Å². The first-order chi connectivity index (χ1) is 9.22. The monoisotopic (exact) mass is 277 g/mol. The molecule has 3 rings (SSSR count). The minimum absolute atomic E-state index is 0.192. The van der Waals surface area contributed by atoms with Crippen molar-refractivity contribution in [1.82, 2.24) is 29.9 Å². The lowest BCUT2D eigenvalue weighted by Crippen LogP contribution is -2.08. The van der Waals surface area contributed by atoms with Crippen molar-refractivity contribution in [2.45, 2.75) is 6.42 Å². The Morgan fingerprint density at radius 1 is 1.42 bits per heavy atom. The van der Waals surface area contributed by atoms with Crippen molar-refractivity contribution in [3.05, 3.63) is 29.4 Å². The molecule has 0 aromatic carbocycles. The maximum absolute atomic E-state index is 5.85. The zero-order valence-electron chi connectivity index (χ0n) is 10.3. The van der Waals surface area contributed by atoms with E-state index in [1.807, 2.05) is 19.3 Å². The maximum atomic E-state index is 5.85. The summed E-state index contributed by atoms with van der Waals surface area (Å²) in [5, 5.41) is 15.3. The standard InChI is InChI=1S/C11H12ClN7/c1-19-5-3-7(18-19)2-4-13-9-8-6-14-17-10(8)16-11(12)15-9/h3,5-6H,2,4H2,1H3,(H2,13,14,15,16,17). The fourth-order valence-corrected chi connectivity index (χ4v) is 2.02. The molecule has 7 nitrogen and oxygen atoms in total. The molecule has 0 fully saturated rings. The van der Waals surface area contributed by atoms with Crippen molar-refractivity contribution < 1.29 is 0 Å². The molecule has 0 atom stereocenters. The lowest BCUT2D eigenvalue weighted by Gasteiger charge is -2.05. The Hall–Kier alpha value is -2.15. The van der Waals surface area contributed by atoms with E-state index in [0.29, 0.717) is 18.0 Å². The van der Waals surface area contributed by atoms with Gasteiger partial charge in [-0.2, -0.15) is 20.2 Å². The average Bonchev–Trinajstić information content (AvgIpc) is 2.98. The number of rotatable bonds is 4. The Morgan fingerprint density at radius 3 is 3.11 bits per heavy atom. The number of hydrogen-bond acceptors (Lipinski definition) is 5. The molecule has 0 aliphatic rings. The van der Waals surface area contributed by atoms with Crippen molar-refractivity contribution >= 4 is 28.5 Å². The van der Waals surface area contributed by atoms with Crippen molar-refractivity contribution in [2.75, 3.05) is 11.9 Å². The number of aryl methyl sites for hydroxylation is 1. The highest BCUT2D eigenvalue weighted by Crippen LogP contribution is 2.19. The molecule has 0 saturated carbocycles. The molecule has 0 aliphatic carbocycles. The number of hydrogen-bond donors (Lipinski definition) is 2. The first-order valence-corrected chi connectivity index (χ1v) is 6.19. The number of nitrogens with zero attached hydrogens (tertiary/aromatic N) is 5. The second-order valence-corrected chi connectivity index (χ2v) is 4.47. The van der Waals surface area contributed by atoms with Crippen LogP contribution in [0.2, 0.25) is 5.28 Å². The summed E-state index contributed by atoms with van der Waals surface area (Å²) in [6, 6.07) is 1.99. The van der Waals surface area contributed by atoms with Crippen LogP contribution in [0.4, 0.5) is 5.82 Å². The Bertz CT molecular complexity index is 702. The van der Waals surface area contributed by atoms with Crippen molar-refractivity contribution in [1.29, 1.82) is 0 Å². The highest BCUT2D eigenvalue weighted by atomic mass is 35.5. The van der Waals surface area contributed by atoms with E-state index in [9.17, 15) is 0 Å². The second-order valence-electron chi connectivity index (χ2n) is 4.13. The predicted octanol–water partition coefficient (Wildman–Crippen LogP) is 1.39. The van der Waals surface area contributed by atoms with Gasteiger partial charge in [0.15, 0.2) is 5.65 Å². The van der Waals surface area contributed by atoms with Crippen molar-refractivity contribution in [3.63, 3.8) is 0 Å². The summed E-state index contributed by atoms with van der Waals surface area (Å²) in [7, 11) is 1.90. The summed E-state index contributed by atoms with van der Waals surface area (Å²) >= 11 is 5.85. The molecule has 3 heterocycles. The van der Waals surface area contributed by atoms with Gasteiger partial charge in [0.1, 0.15) is 5.82 Å². The quantitative estimate of drug-likeness (QED) is 0.704. The molecule has 0 aliphatic heterocycles. The minimum Gasteiger partial charge on any atom is -0.369 e. The molecule has 0 saturated heterocycles. The lowest BCUT2D eigenvalue weighted by atomic mass is 10.3. The summed E-state index contributed by atoms with van der Waals surface area (Å²) in [4.78, 5) is 8.21. The van der Waals surface area contributed by atoms with E-state index in [-0.39, 0.29) is 5.28 Å². The summed E-state index contributed by atoms with van der Waals surface area (Å²) in [5.74, 6) is 0.680. The molecule has 3 aromatic heterocycles. The Morgan fingerprint density at radius 2 is 2.32 bits per heavy atom. The molecule has 0 radical (unpaired) electrons. The zero-order chi connectivity index (χ0) is 13.2. The van der Waals surface area contributed by atoms with Crippen LogP contribution in [0.15, 0.2) is 18.5 Å². The lowest BCUT2D eigenvalue weighted by molar-refractivity contribution is 0.742. The molecule has 0 bridgehead atoms. The normalized spacial score (nSPS) is 11.1. The number of fused-ring (bicyclic) bond motifs is 1. The Labute approximate surface area is 114 Å². The highest BCUT2D eigenvalue weighted by molar-refractivity contribution is 6.28. The van der Waals surface area contributed by atoms with Crippen LogP contribution in [0, 0.1) is 0 Å². The topological polar surface area (TPSA) is 84.3 Å². The molecule has 0 spiro atoms. The van der Waals surface area contributed by atoms with Gasteiger partial charge < -0.3 is 5.32 Å². The molecule has 3 aromatic rings. The molecule has 98 valence electrons. The first kappa shape index (κ1) is 11.9. The molecular weight excluding hydrogens is 266 g/mol. The van der Waals surface area contributed by atoms with Gasteiger partial charge in [-0.15, -0.1) is 0 Å². The summed E-state index contributed by atoms with van der Waals surface area (Å²) in [6.07, 6.45) is 4.40. The second kappa shape index (κ2) is 4.85. The molecule has 2 N–H and O–H groups in total. The fourth-order valence-electron chi connectivity index (χ4n) is 1.85. The van der Waals surface area contributed by atoms with Gasteiger partial charge in [-0.1, -0.05) is 0 Å². The van der Waals surface area contributed by atoms with E-state index >= 15 is 0 Å². The van der Waals surface area contributed by atoms with Crippen LogP contribution >= 0.6 is 11.6 Å². The smallest absolute Gasteiger partial charge is 0.226 e. The zero-order valence-corrected chi connectivity index (χ0v) is 11.0. The van der Waals surface area contributed by atoms with Gasteiger partial charge in [0, 0.05) is 26.2 Å². The number of aromatic amines is 1. The largest absolute Gasteiger partial charge is 0.369 e. The molecule has 19 heavy (non-hydrogen) atoms. The molecule has 8 heteroatoms. The molecule has 0 unspecified atom stereocenters. The SMILES string of the molecule is Cn1ccc(CCNc2nc(Cl)nc3[nH]ncc23)n1. The molecule has 0 amide bonds. The summed E-state index contributed by atoms with van der Waals surface area (Å²) in [6.45, 7) is 0.713. The third-order valence-corrected chi connectivity index (χ3v) is 2.89. The Kier molecular flexibility index (Phi) is 3.04. The van der Waals surface area contributed by atoms with E-state index in [2.05, 4.69) is 30.6 Å². The third kappa shape index (κ3) is 2.50. The van der Waals surface area contributed by atoms with Crippen LogP contribution in [-0.4, -0.2) is 36.5 Å². The predicted molar refractivity (Wildman–Crippen MR) is 72.1 cm³/mol. The Balaban J connectivity index is 1.73. The number of anilines is 1. The van der Waals surface area contributed by atoms with Gasteiger partial charge in [-0.3, -0.25) is 9.78 Å². The maximum Gasteiger partial charge on any atom is 0.226 e. The highest BCUT2D eigenvalue weighted by Gasteiger charge is 2.08. The number of nitrogens with one attached hydrogen (secondary N) is 2. The third-order valence-electron chi connectivity index (χ3n) is 2.72. The van der Waals surface area contributed by atoms with Crippen molar-refractivity contribution in [3.8, 4) is 0 Å². The van der Waals surface area contributed by atoms with Crippen LogP contribution in [0.5, 0.6) is 0 Å². The van der Waals surface area contributed by atoms with Crippen LogP contribution < -0.4 is 5.32 Å². The van der Waals surface area contributed by atoms with Gasteiger partial charge >= 0.3 is 0 Å². The number of aromatic nitrogens is 6.